The molecule has 0 aliphatic heterocycles. The molecule has 0 saturated heterocycles. The van der Waals surface area contributed by atoms with E-state index in [2.05, 4.69) is 18.2 Å². The van der Waals surface area contributed by atoms with Crippen molar-refractivity contribution in [2.75, 3.05) is 20.3 Å². The molecule has 2 aliphatic carbocycles. The van der Waals surface area contributed by atoms with Crippen LogP contribution in [0.25, 0.3) is 0 Å². The summed E-state index contributed by atoms with van der Waals surface area (Å²) in [5.74, 6) is 1.39. The Bertz CT molecular complexity index is 559. The van der Waals surface area contributed by atoms with Crippen molar-refractivity contribution < 1.29 is 9.84 Å². The molecule has 3 nitrogen and oxygen atoms in total. The SMILES string of the molecule is COCCCCC[C@@H]1CCc2cc([C@@H]3CC[C@](N)(CO)C3)ccc2C1. The first-order chi connectivity index (χ1) is 12.1. The zero-order valence-electron chi connectivity index (χ0n) is 15.8. The minimum atomic E-state index is -0.353. The molecule has 3 rings (SSSR count). The summed E-state index contributed by atoms with van der Waals surface area (Å²) in [6.07, 6.45) is 12.0. The second-order valence-electron chi connectivity index (χ2n) is 8.44. The maximum atomic E-state index is 9.50. The molecule has 25 heavy (non-hydrogen) atoms. The van der Waals surface area contributed by atoms with E-state index in [1.165, 1.54) is 50.5 Å². The summed E-state index contributed by atoms with van der Waals surface area (Å²) in [5, 5.41) is 9.50. The van der Waals surface area contributed by atoms with Crippen molar-refractivity contribution in [3.05, 3.63) is 34.9 Å². The Morgan fingerprint density at radius 2 is 2.08 bits per heavy atom. The second-order valence-corrected chi connectivity index (χ2v) is 8.44. The van der Waals surface area contributed by atoms with Crippen LogP contribution in [0.1, 0.15) is 74.0 Å². The van der Waals surface area contributed by atoms with Crippen LogP contribution in [-0.2, 0) is 17.6 Å². The topological polar surface area (TPSA) is 55.5 Å². The molecule has 3 atom stereocenters. The number of unbranched alkanes of at least 4 members (excludes halogenated alkanes) is 2. The molecule has 0 heterocycles. The zero-order chi connectivity index (χ0) is 17.7. The lowest BCUT2D eigenvalue weighted by atomic mass is 9.79. The van der Waals surface area contributed by atoms with Crippen molar-refractivity contribution >= 4 is 0 Å². The highest BCUT2D eigenvalue weighted by Crippen LogP contribution is 2.40. The highest BCUT2D eigenvalue weighted by atomic mass is 16.5. The molecule has 3 heteroatoms. The number of benzene rings is 1. The largest absolute Gasteiger partial charge is 0.394 e. The molecule has 0 unspecified atom stereocenters. The number of aryl methyl sites for hydroxylation is 1. The van der Waals surface area contributed by atoms with Crippen LogP contribution < -0.4 is 5.73 Å². The lowest BCUT2D eigenvalue weighted by Crippen LogP contribution is -2.40. The Kier molecular flexibility index (Phi) is 6.54. The minimum Gasteiger partial charge on any atom is -0.394 e. The Morgan fingerprint density at radius 3 is 2.84 bits per heavy atom. The van der Waals surface area contributed by atoms with Gasteiger partial charge in [-0.1, -0.05) is 37.5 Å². The summed E-state index contributed by atoms with van der Waals surface area (Å²) in [6.45, 7) is 1.01. The van der Waals surface area contributed by atoms with E-state index in [0.29, 0.717) is 5.92 Å². The number of hydrogen-bond donors (Lipinski definition) is 2. The van der Waals surface area contributed by atoms with Gasteiger partial charge in [0.25, 0.3) is 0 Å². The highest BCUT2D eigenvalue weighted by Gasteiger charge is 2.36. The molecule has 1 saturated carbocycles. The lowest BCUT2D eigenvalue weighted by Gasteiger charge is -2.26. The average molecular weight is 346 g/mol. The molecule has 2 aliphatic rings. The van der Waals surface area contributed by atoms with Crippen LogP contribution >= 0.6 is 0 Å². The average Bonchev–Trinajstić information content (AvgIpc) is 3.04. The van der Waals surface area contributed by atoms with Crippen molar-refractivity contribution in [1.29, 1.82) is 0 Å². The first-order valence-corrected chi connectivity index (χ1v) is 10.1. The maximum Gasteiger partial charge on any atom is 0.0611 e. The second kappa shape index (κ2) is 8.66. The summed E-state index contributed by atoms with van der Waals surface area (Å²) < 4.78 is 5.13. The van der Waals surface area contributed by atoms with Gasteiger partial charge in [0, 0.05) is 19.3 Å². The fourth-order valence-electron chi connectivity index (χ4n) is 4.79. The molecule has 0 radical (unpaired) electrons. The molecule has 3 N–H and O–H groups in total. The van der Waals surface area contributed by atoms with Gasteiger partial charge in [-0.05, 0) is 73.5 Å². The number of rotatable bonds is 8. The number of nitrogens with two attached hydrogens (primary N) is 1. The number of fused-ring (bicyclic) bond motifs is 1. The van der Waals surface area contributed by atoms with E-state index in [-0.39, 0.29) is 12.1 Å². The van der Waals surface area contributed by atoms with E-state index in [0.717, 1.165) is 31.8 Å². The standard InChI is InChI=1S/C22H35NO2/c1-25-12-4-2-3-5-17-6-7-19-14-20(9-8-18(19)13-17)21-10-11-22(23,15-21)16-24/h8-9,14,17,21,24H,2-7,10-13,15-16,23H2,1H3/t17-,21-,22-/m1/s1. The molecule has 0 aromatic heterocycles. The number of aliphatic hydroxyl groups is 1. The van der Waals surface area contributed by atoms with Gasteiger partial charge in [-0.25, -0.2) is 0 Å². The normalized spacial score (nSPS) is 28.9. The van der Waals surface area contributed by atoms with Crippen LogP contribution in [0, 0.1) is 5.92 Å². The summed E-state index contributed by atoms with van der Waals surface area (Å²) >= 11 is 0. The predicted molar refractivity (Wildman–Crippen MR) is 103 cm³/mol. The van der Waals surface area contributed by atoms with Gasteiger partial charge in [0.2, 0.25) is 0 Å². The van der Waals surface area contributed by atoms with E-state index in [1.54, 1.807) is 18.2 Å². The van der Waals surface area contributed by atoms with E-state index in [4.69, 9.17) is 10.5 Å². The third kappa shape index (κ3) is 4.84. The van der Waals surface area contributed by atoms with Crippen molar-refractivity contribution in [2.24, 2.45) is 11.7 Å². The van der Waals surface area contributed by atoms with Crippen molar-refractivity contribution in [3.8, 4) is 0 Å². The third-order valence-corrected chi connectivity index (χ3v) is 6.45. The van der Waals surface area contributed by atoms with Gasteiger partial charge in [0.1, 0.15) is 0 Å². The molecular weight excluding hydrogens is 310 g/mol. The van der Waals surface area contributed by atoms with Gasteiger partial charge in [0.05, 0.1) is 6.61 Å². The van der Waals surface area contributed by atoms with Crippen LogP contribution in [0.2, 0.25) is 0 Å². The summed E-state index contributed by atoms with van der Waals surface area (Å²) in [5.41, 5.74) is 10.5. The summed E-state index contributed by atoms with van der Waals surface area (Å²) in [6, 6.07) is 7.14. The fraction of sp³-hybridized carbons (Fsp3) is 0.727. The van der Waals surface area contributed by atoms with Crippen molar-refractivity contribution in [3.63, 3.8) is 0 Å². The molecule has 140 valence electrons. The first-order valence-electron chi connectivity index (χ1n) is 10.1. The summed E-state index contributed by atoms with van der Waals surface area (Å²) in [4.78, 5) is 0. The fourth-order valence-corrected chi connectivity index (χ4v) is 4.79. The molecule has 0 amide bonds. The quantitative estimate of drug-likeness (QED) is 0.701. The Hall–Kier alpha value is -0.900. The van der Waals surface area contributed by atoms with Crippen LogP contribution in [0.3, 0.4) is 0 Å². The number of methoxy groups -OCH3 is 1. The molecule has 1 aromatic rings. The Labute approximate surface area is 153 Å². The molecule has 0 bridgehead atoms. The van der Waals surface area contributed by atoms with Gasteiger partial charge >= 0.3 is 0 Å². The molecule has 1 aromatic carbocycles. The van der Waals surface area contributed by atoms with Crippen LogP contribution in [-0.4, -0.2) is 31.0 Å². The van der Waals surface area contributed by atoms with Crippen molar-refractivity contribution in [2.45, 2.75) is 75.7 Å². The highest BCUT2D eigenvalue weighted by molar-refractivity contribution is 5.36. The smallest absolute Gasteiger partial charge is 0.0611 e. The molecule has 1 fully saturated rings. The van der Waals surface area contributed by atoms with E-state index >= 15 is 0 Å². The van der Waals surface area contributed by atoms with Gasteiger partial charge in [-0.15, -0.1) is 0 Å². The van der Waals surface area contributed by atoms with E-state index < -0.39 is 0 Å². The Morgan fingerprint density at radius 1 is 1.20 bits per heavy atom. The lowest BCUT2D eigenvalue weighted by molar-refractivity contribution is 0.191. The van der Waals surface area contributed by atoms with Crippen molar-refractivity contribution in [1.82, 2.24) is 0 Å². The third-order valence-electron chi connectivity index (χ3n) is 6.45. The number of ether oxygens (including phenoxy) is 1. The van der Waals surface area contributed by atoms with E-state index in [1.807, 2.05) is 0 Å². The number of aliphatic hydroxyl groups excluding tert-OH is 1. The zero-order valence-corrected chi connectivity index (χ0v) is 15.8. The first kappa shape index (κ1) is 18.9. The van der Waals surface area contributed by atoms with Crippen LogP contribution in [0.15, 0.2) is 18.2 Å². The van der Waals surface area contributed by atoms with Gasteiger partial charge in [-0.3, -0.25) is 0 Å². The van der Waals surface area contributed by atoms with Gasteiger partial charge in [-0.2, -0.15) is 0 Å². The predicted octanol–water partition coefficient (Wildman–Crippen LogP) is 3.96. The van der Waals surface area contributed by atoms with Gasteiger partial charge < -0.3 is 15.6 Å². The molecular formula is C22H35NO2. The maximum absolute atomic E-state index is 9.50. The van der Waals surface area contributed by atoms with Crippen LogP contribution in [0.4, 0.5) is 0 Å². The van der Waals surface area contributed by atoms with Gasteiger partial charge in [0.15, 0.2) is 0 Å². The van der Waals surface area contributed by atoms with E-state index in [9.17, 15) is 5.11 Å². The monoisotopic (exact) mass is 345 g/mol. The Balaban J connectivity index is 1.53. The molecule has 0 spiro atoms. The minimum absolute atomic E-state index is 0.112. The van der Waals surface area contributed by atoms with Crippen LogP contribution in [0.5, 0.6) is 0 Å². The summed E-state index contributed by atoms with van der Waals surface area (Å²) in [7, 11) is 1.79. The number of hydrogen-bond acceptors (Lipinski definition) is 3.